The highest BCUT2D eigenvalue weighted by atomic mass is 28.4. The van der Waals surface area contributed by atoms with E-state index in [2.05, 4.69) is 59.9 Å². The molecule has 1 saturated heterocycles. The summed E-state index contributed by atoms with van der Waals surface area (Å²) in [4.78, 5) is 0. The molecule has 2 unspecified atom stereocenters. The van der Waals surface area contributed by atoms with Crippen LogP contribution in [0.15, 0.2) is 23.3 Å². The maximum absolute atomic E-state index is 8.98. The average Bonchev–Trinajstić information content (AvgIpc) is 3.02. The second-order valence-electron chi connectivity index (χ2n) is 10.1. The summed E-state index contributed by atoms with van der Waals surface area (Å²) in [5.74, 6) is 0.482. The average molecular weight is 427 g/mol. The molecule has 0 radical (unpaired) electrons. The molecule has 1 aliphatic rings. The van der Waals surface area contributed by atoms with Gasteiger partial charge in [0.2, 0.25) is 0 Å². The Morgan fingerprint density at radius 3 is 2.45 bits per heavy atom. The van der Waals surface area contributed by atoms with Crippen LogP contribution in [0.25, 0.3) is 0 Å². The van der Waals surface area contributed by atoms with Gasteiger partial charge in [-0.1, -0.05) is 44.1 Å². The molecule has 5 heteroatoms. The van der Waals surface area contributed by atoms with Crippen molar-refractivity contribution in [3.05, 3.63) is 23.3 Å². The van der Waals surface area contributed by atoms with Gasteiger partial charge >= 0.3 is 0 Å². The zero-order chi connectivity index (χ0) is 22.1. The van der Waals surface area contributed by atoms with Gasteiger partial charge < -0.3 is 19.0 Å². The molecule has 1 heterocycles. The van der Waals surface area contributed by atoms with Crippen molar-refractivity contribution in [2.75, 3.05) is 20.3 Å². The molecule has 0 aromatic rings. The third-order valence-corrected chi connectivity index (χ3v) is 11.0. The van der Waals surface area contributed by atoms with Crippen LogP contribution in [-0.2, 0) is 13.9 Å². The predicted molar refractivity (Wildman–Crippen MR) is 125 cm³/mol. The summed E-state index contributed by atoms with van der Waals surface area (Å²) in [5, 5.41) is 9.25. The zero-order valence-electron chi connectivity index (χ0n) is 20.2. The van der Waals surface area contributed by atoms with E-state index in [4.69, 9.17) is 19.0 Å². The summed E-state index contributed by atoms with van der Waals surface area (Å²) in [6, 6.07) is 0. The first kappa shape index (κ1) is 26.6. The van der Waals surface area contributed by atoms with E-state index >= 15 is 0 Å². The van der Waals surface area contributed by atoms with Gasteiger partial charge in [0, 0.05) is 26.7 Å². The van der Waals surface area contributed by atoms with Crippen LogP contribution in [0.3, 0.4) is 0 Å². The Morgan fingerprint density at radius 2 is 1.86 bits per heavy atom. The molecular formula is C24H46O4Si. The third-order valence-electron chi connectivity index (χ3n) is 6.50. The van der Waals surface area contributed by atoms with Crippen LogP contribution in [0.5, 0.6) is 0 Å². The van der Waals surface area contributed by atoms with E-state index in [0.717, 1.165) is 45.1 Å². The highest BCUT2D eigenvalue weighted by Gasteiger charge is 2.37. The van der Waals surface area contributed by atoms with Crippen LogP contribution < -0.4 is 0 Å². The van der Waals surface area contributed by atoms with Crippen LogP contribution in [0.4, 0.5) is 0 Å². The lowest BCUT2D eigenvalue weighted by Crippen LogP contribution is -2.40. The van der Waals surface area contributed by atoms with Crippen molar-refractivity contribution in [3.8, 4) is 0 Å². The molecule has 0 amide bonds. The quantitative estimate of drug-likeness (QED) is 0.228. The normalized spacial score (nSPS) is 24.4. The van der Waals surface area contributed by atoms with Crippen LogP contribution >= 0.6 is 0 Å². The Balaban J connectivity index is 2.54. The zero-order valence-corrected chi connectivity index (χ0v) is 21.2. The van der Waals surface area contributed by atoms with Crippen molar-refractivity contribution >= 4 is 8.32 Å². The number of rotatable bonds is 12. The lowest BCUT2D eigenvalue weighted by molar-refractivity contribution is -0.105. The maximum atomic E-state index is 8.98. The van der Waals surface area contributed by atoms with Gasteiger partial charge in [0.15, 0.2) is 14.6 Å². The number of hydrogen-bond donors (Lipinski definition) is 1. The summed E-state index contributed by atoms with van der Waals surface area (Å²) >= 11 is 0. The fourth-order valence-electron chi connectivity index (χ4n) is 3.42. The smallest absolute Gasteiger partial charge is 0.191 e. The van der Waals surface area contributed by atoms with Crippen molar-refractivity contribution in [1.82, 2.24) is 0 Å². The molecule has 1 N–H and O–H groups in total. The lowest BCUT2D eigenvalue weighted by Gasteiger charge is -2.36. The molecule has 1 rings (SSSR count). The van der Waals surface area contributed by atoms with Crippen molar-refractivity contribution in [3.63, 3.8) is 0 Å². The largest absolute Gasteiger partial charge is 0.417 e. The van der Waals surface area contributed by atoms with Crippen LogP contribution in [-0.4, -0.2) is 46.1 Å². The molecule has 29 heavy (non-hydrogen) atoms. The fraction of sp³-hybridized carbons (Fsp3) is 0.833. The first-order valence-electron chi connectivity index (χ1n) is 11.3. The molecule has 0 spiro atoms. The number of aliphatic hydroxyl groups excluding tert-OH is 1. The van der Waals surface area contributed by atoms with E-state index < -0.39 is 8.32 Å². The Hall–Kier alpha value is -0.463. The van der Waals surface area contributed by atoms with Crippen molar-refractivity contribution in [1.29, 1.82) is 0 Å². The first-order valence-corrected chi connectivity index (χ1v) is 14.2. The first-order chi connectivity index (χ1) is 13.5. The molecule has 0 aromatic heterocycles. The predicted octanol–water partition coefficient (Wildman–Crippen LogP) is 6.22. The minimum absolute atomic E-state index is 0.0994. The fourth-order valence-corrected chi connectivity index (χ4v) is 4.50. The monoisotopic (exact) mass is 426 g/mol. The van der Waals surface area contributed by atoms with E-state index in [1.54, 1.807) is 7.11 Å². The van der Waals surface area contributed by atoms with E-state index in [1.165, 1.54) is 11.1 Å². The van der Waals surface area contributed by atoms with Gasteiger partial charge in [-0.05, 0) is 70.0 Å². The number of methoxy groups -OCH3 is 1. The van der Waals surface area contributed by atoms with Gasteiger partial charge in [-0.2, -0.15) is 0 Å². The molecule has 1 fully saturated rings. The molecule has 0 saturated carbocycles. The van der Waals surface area contributed by atoms with Crippen molar-refractivity contribution in [2.45, 2.75) is 104 Å². The number of hydrogen-bond acceptors (Lipinski definition) is 4. The maximum Gasteiger partial charge on any atom is 0.191 e. The van der Waals surface area contributed by atoms with Gasteiger partial charge in [0.25, 0.3) is 0 Å². The molecule has 0 bridgehead atoms. The standard InChI is InChI=1S/C24H46O4Si/c1-19(11-9-15-25)13-14-21-18-23(26-6)28-22(21)17-20(2)12-10-16-27-29(7,8)24(3,4)5/h11,17,21-23,25H,9-10,12-16,18H2,1-8H3/b19-11+,20-17+/t21-,22?,23?/m0/s1. The second kappa shape index (κ2) is 12.4. The summed E-state index contributed by atoms with van der Waals surface area (Å²) in [6.07, 6.45) is 10.4. The Labute approximate surface area is 180 Å². The van der Waals surface area contributed by atoms with E-state index in [0.29, 0.717) is 5.92 Å². The molecule has 170 valence electrons. The topological polar surface area (TPSA) is 47.9 Å². The SMILES string of the molecule is COC1C[C@H](CC/C(C)=C/CCO)C(/C=C(\C)CCCO[Si](C)(C)C(C)(C)C)O1. The molecule has 1 aliphatic heterocycles. The minimum Gasteiger partial charge on any atom is -0.417 e. The van der Waals surface area contributed by atoms with E-state index in [9.17, 15) is 0 Å². The van der Waals surface area contributed by atoms with Crippen LogP contribution in [0, 0.1) is 5.92 Å². The van der Waals surface area contributed by atoms with Gasteiger partial charge in [-0.25, -0.2) is 0 Å². The molecule has 4 nitrogen and oxygen atoms in total. The van der Waals surface area contributed by atoms with Gasteiger partial charge in [-0.15, -0.1) is 0 Å². The Kier molecular flexibility index (Phi) is 11.4. The molecule has 0 aliphatic carbocycles. The van der Waals surface area contributed by atoms with E-state index in [1.807, 2.05) is 0 Å². The van der Waals surface area contributed by atoms with Gasteiger partial charge in [0.05, 0.1) is 6.10 Å². The summed E-state index contributed by atoms with van der Waals surface area (Å²) in [6.45, 7) is 16.9. The highest BCUT2D eigenvalue weighted by molar-refractivity contribution is 6.74. The van der Waals surface area contributed by atoms with Crippen LogP contribution in [0.2, 0.25) is 18.1 Å². The third kappa shape index (κ3) is 9.47. The van der Waals surface area contributed by atoms with E-state index in [-0.39, 0.29) is 24.0 Å². The summed E-state index contributed by atoms with van der Waals surface area (Å²) in [7, 11) is 0.0768. The van der Waals surface area contributed by atoms with Crippen molar-refractivity contribution in [2.24, 2.45) is 5.92 Å². The van der Waals surface area contributed by atoms with Crippen LogP contribution in [0.1, 0.15) is 73.1 Å². The van der Waals surface area contributed by atoms with Gasteiger partial charge in [0.1, 0.15) is 0 Å². The summed E-state index contributed by atoms with van der Waals surface area (Å²) < 4.78 is 17.9. The Bertz CT molecular complexity index is 533. The molecular weight excluding hydrogens is 380 g/mol. The highest BCUT2D eigenvalue weighted by Crippen LogP contribution is 2.37. The van der Waals surface area contributed by atoms with Gasteiger partial charge in [-0.3, -0.25) is 0 Å². The Morgan fingerprint density at radius 1 is 1.17 bits per heavy atom. The van der Waals surface area contributed by atoms with Crippen molar-refractivity contribution < 1.29 is 19.0 Å². The second-order valence-corrected chi connectivity index (χ2v) is 14.9. The molecule has 0 aromatic carbocycles. The lowest BCUT2D eigenvalue weighted by atomic mass is 9.92. The number of aliphatic hydroxyl groups is 1. The molecule has 3 atom stereocenters. The summed E-state index contributed by atoms with van der Waals surface area (Å²) in [5.41, 5.74) is 2.73. The minimum atomic E-state index is -1.65. The number of allylic oxidation sites excluding steroid dienone is 2. The number of ether oxygens (including phenoxy) is 2.